The highest BCUT2D eigenvalue weighted by Crippen LogP contribution is 2.23. The summed E-state index contributed by atoms with van der Waals surface area (Å²) < 4.78 is 0. The number of anilines is 1. The molecule has 2 aromatic rings. The zero-order valence-corrected chi connectivity index (χ0v) is 18.8. The fraction of sp³-hybridized carbons (Fsp3) is 0.364. The number of benzene rings is 2. The molecule has 8 heteroatoms. The van der Waals surface area contributed by atoms with Crippen LogP contribution in [0.25, 0.3) is 0 Å². The van der Waals surface area contributed by atoms with Crippen molar-refractivity contribution in [1.82, 2.24) is 15.1 Å². The van der Waals surface area contributed by atoms with Crippen LogP contribution < -0.4 is 10.6 Å². The van der Waals surface area contributed by atoms with Gasteiger partial charge < -0.3 is 20.4 Å². The fourth-order valence-electron chi connectivity index (χ4n) is 2.87. The Balaban J connectivity index is 1.88. The molecule has 0 atom stereocenters. The van der Waals surface area contributed by atoms with Gasteiger partial charge in [-0.3, -0.25) is 4.79 Å². The van der Waals surface area contributed by atoms with Crippen molar-refractivity contribution >= 4 is 40.8 Å². The van der Waals surface area contributed by atoms with E-state index < -0.39 is 0 Å². The van der Waals surface area contributed by atoms with Crippen LogP contribution in [0.4, 0.5) is 10.5 Å². The lowest BCUT2D eigenvalue weighted by molar-refractivity contribution is -0.131. The molecule has 0 aliphatic rings. The monoisotopic (exact) mass is 450 g/mol. The summed E-state index contributed by atoms with van der Waals surface area (Å²) in [5.74, 6) is -0.0279. The Morgan fingerprint density at radius 1 is 0.967 bits per heavy atom. The first-order chi connectivity index (χ1) is 14.3. The van der Waals surface area contributed by atoms with Crippen molar-refractivity contribution in [3.63, 3.8) is 0 Å². The first-order valence-electron chi connectivity index (χ1n) is 9.81. The van der Waals surface area contributed by atoms with Gasteiger partial charge in [-0.25, -0.2) is 4.79 Å². The second-order valence-electron chi connectivity index (χ2n) is 7.22. The number of hydrogen-bond acceptors (Lipinski definition) is 3. The minimum atomic E-state index is -0.336. The lowest BCUT2D eigenvalue weighted by atomic mass is 10.2. The summed E-state index contributed by atoms with van der Waals surface area (Å²) in [5, 5.41) is 6.42. The molecule has 0 saturated carbocycles. The average molecular weight is 451 g/mol. The number of rotatable bonds is 10. The van der Waals surface area contributed by atoms with Crippen LogP contribution >= 0.6 is 23.2 Å². The van der Waals surface area contributed by atoms with Crippen molar-refractivity contribution in [3.05, 3.63) is 64.1 Å². The maximum absolute atomic E-state index is 12.8. The second kappa shape index (κ2) is 12.4. The van der Waals surface area contributed by atoms with Crippen LogP contribution in [0.3, 0.4) is 0 Å². The molecule has 2 rings (SSSR count). The molecule has 0 heterocycles. The van der Waals surface area contributed by atoms with E-state index in [1.165, 1.54) is 0 Å². The van der Waals surface area contributed by atoms with Crippen molar-refractivity contribution in [2.24, 2.45) is 0 Å². The number of para-hydroxylation sites is 1. The number of nitrogens with one attached hydrogen (secondary N) is 2. The average Bonchev–Trinajstić information content (AvgIpc) is 2.70. The highest BCUT2D eigenvalue weighted by molar-refractivity contribution is 6.42. The molecule has 0 spiro atoms. The van der Waals surface area contributed by atoms with E-state index in [4.69, 9.17) is 23.2 Å². The molecule has 0 aromatic heterocycles. The molecule has 0 radical (unpaired) electrons. The van der Waals surface area contributed by atoms with Gasteiger partial charge >= 0.3 is 6.03 Å². The molecule has 2 N–H and O–H groups in total. The third kappa shape index (κ3) is 8.61. The van der Waals surface area contributed by atoms with Gasteiger partial charge in [-0.2, -0.15) is 0 Å². The highest BCUT2D eigenvalue weighted by Gasteiger charge is 2.15. The molecule has 2 aromatic carbocycles. The summed E-state index contributed by atoms with van der Waals surface area (Å²) in [6, 6.07) is 14.2. The Bertz CT molecular complexity index is 831. The number of nitrogens with zero attached hydrogens (tertiary/aromatic N) is 2. The molecule has 0 aliphatic heterocycles. The molecule has 0 aliphatic carbocycles. The predicted octanol–water partition coefficient (Wildman–Crippen LogP) is 4.49. The molecule has 0 saturated heterocycles. The lowest BCUT2D eigenvalue weighted by Gasteiger charge is -2.24. The molecule has 0 bridgehead atoms. The third-order valence-electron chi connectivity index (χ3n) is 4.40. The van der Waals surface area contributed by atoms with E-state index in [0.29, 0.717) is 28.8 Å². The van der Waals surface area contributed by atoms with E-state index in [1.807, 2.05) is 38.4 Å². The van der Waals surface area contributed by atoms with Gasteiger partial charge in [-0.1, -0.05) is 47.5 Å². The summed E-state index contributed by atoms with van der Waals surface area (Å²) in [7, 11) is 4.00. The Morgan fingerprint density at radius 2 is 1.70 bits per heavy atom. The summed E-state index contributed by atoms with van der Waals surface area (Å²) in [6.07, 6.45) is 1.06. The quantitative estimate of drug-likeness (QED) is 0.560. The molecular formula is C22H28Cl2N4O2. The summed E-state index contributed by atoms with van der Waals surface area (Å²) in [4.78, 5) is 28.7. The van der Waals surface area contributed by atoms with Crippen LogP contribution in [-0.2, 0) is 11.3 Å². The zero-order chi connectivity index (χ0) is 21.9. The minimum absolute atomic E-state index is 0.0279. The van der Waals surface area contributed by atoms with Crippen LogP contribution in [0.5, 0.6) is 0 Å². The number of carbonyl (C=O) groups is 2. The third-order valence-corrected chi connectivity index (χ3v) is 5.14. The van der Waals surface area contributed by atoms with Crippen LogP contribution in [0.15, 0.2) is 48.5 Å². The van der Waals surface area contributed by atoms with Gasteiger partial charge in [-0.05, 0) is 56.9 Å². The summed E-state index contributed by atoms with van der Waals surface area (Å²) >= 11 is 12.1. The van der Waals surface area contributed by atoms with Crippen LogP contribution in [0, 0.1) is 0 Å². The molecule has 30 heavy (non-hydrogen) atoms. The molecule has 0 unspecified atom stereocenters. The van der Waals surface area contributed by atoms with Crippen molar-refractivity contribution in [2.75, 3.05) is 39.0 Å². The van der Waals surface area contributed by atoms with Crippen molar-refractivity contribution < 1.29 is 9.59 Å². The van der Waals surface area contributed by atoms with Gasteiger partial charge in [0.2, 0.25) is 5.91 Å². The first kappa shape index (κ1) is 24.0. The van der Waals surface area contributed by atoms with Crippen molar-refractivity contribution in [2.45, 2.75) is 19.4 Å². The number of carbonyl (C=O) groups excluding carboxylic acids is 2. The number of hydrogen-bond donors (Lipinski definition) is 2. The molecule has 162 valence electrons. The van der Waals surface area contributed by atoms with Crippen LogP contribution in [-0.4, -0.2) is 55.5 Å². The second-order valence-corrected chi connectivity index (χ2v) is 8.03. The van der Waals surface area contributed by atoms with Crippen molar-refractivity contribution in [1.29, 1.82) is 0 Å². The predicted molar refractivity (Wildman–Crippen MR) is 123 cm³/mol. The Morgan fingerprint density at radius 3 is 2.37 bits per heavy atom. The number of urea groups is 1. The van der Waals surface area contributed by atoms with Gasteiger partial charge in [0, 0.05) is 31.7 Å². The topological polar surface area (TPSA) is 64.7 Å². The van der Waals surface area contributed by atoms with Gasteiger partial charge in [0.15, 0.2) is 0 Å². The Labute approximate surface area is 188 Å². The van der Waals surface area contributed by atoms with Gasteiger partial charge in [0.05, 0.1) is 10.0 Å². The van der Waals surface area contributed by atoms with E-state index in [1.54, 1.807) is 29.2 Å². The van der Waals surface area contributed by atoms with Crippen molar-refractivity contribution in [3.8, 4) is 0 Å². The van der Waals surface area contributed by atoms with Gasteiger partial charge in [0.25, 0.3) is 0 Å². The van der Waals surface area contributed by atoms with Gasteiger partial charge in [0.1, 0.15) is 0 Å². The largest absolute Gasteiger partial charge is 0.338 e. The standard InChI is InChI=1S/C22H28Cl2N4O2/c1-27(2)13-6-14-28(16-17-9-10-19(23)20(24)15-17)21(29)11-12-25-22(30)26-18-7-4-3-5-8-18/h3-5,7-10,15H,6,11-14,16H2,1-2H3,(H2,25,26,30). The normalized spacial score (nSPS) is 10.7. The summed E-state index contributed by atoms with van der Waals surface area (Å²) in [6.45, 7) is 2.19. The van der Waals surface area contributed by atoms with E-state index in [-0.39, 0.29) is 24.9 Å². The van der Waals surface area contributed by atoms with Gasteiger partial charge in [-0.15, -0.1) is 0 Å². The lowest BCUT2D eigenvalue weighted by Crippen LogP contribution is -2.36. The Kier molecular flexibility index (Phi) is 9.94. The minimum Gasteiger partial charge on any atom is -0.338 e. The SMILES string of the molecule is CN(C)CCCN(Cc1ccc(Cl)c(Cl)c1)C(=O)CCNC(=O)Nc1ccccc1. The summed E-state index contributed by atoms with van der Waals surface area (Å²) in [5.41, 5.74) is 1.61. The maximum atomic E-state index is 12.8. The van der Waals surface area contributed by atoms with E-state index in [9.17, 15) is 9.59 Å². The Hall–Kier alpha value is -2.28. The first-order valence-corrected chi connectivity index (χ1v) is 10.6. The number of halogens is 2. The van der Waals surface area contributed by atoms with Crippen LogP contribution in [0.1, 0.15) is 18.4 Å². The fourth-order valence-corrected chi connectivity index (χ4v) is 3.19. The zero-order valence-electron chi connectivity index (χ0n) is 17.3. The highest BCUT2D eigenvalue weighted by atomic mass is 35.5. The van der Waals surface area contributed by atoms with E-state index in [2.05, 4.69) is 15.5 Å². The van der Waals surface area contributed by atoms with E-state index in [0.717, 1.165) is 18.5 Å². The smallest absolute Gasteiger partial charge is 0.319 e. The van der Waals surface area contributed by atoms with E-state index >= 15 is 0 Å². The molecule has 6 nitrogen and oxygen atoms in total. The maximum Gasteiger partial charge on any atom is 0.319 e. The molecule has 0 fully saturated rings. The number of amides is 3. The molecular weight excluding hydrogens is 423 g/mol. The molecule has 3 amide bonds. The van der Waals surface area contributed by atoms with Crippen LogP contribution in [0.2, 0.25) is 10.0 Å².